The van der Waals surface area contributed by atoms with E-state index in [1.54, 1.807) is 36.5 Å². The molecule has 0 unspecified atom stereocenters. The molecule has 1 rings (SSSR count). The van der Waals surface area contributed by atoms with Crippen molar-refractivity contribution in [2.75, 3.05) is 20.2 Å². The predicted octanol–water partition coefficient (Wildman–Crippen LogP) is 1.32. The lowest BCUT2D eigenvalue weighted by molar-refractivity contribution is 0.0791. The Morgan fingerprint density at radius 3 is 2.88 bits per heavy atom. The van der Waals surface area contributed by atoms with Gasteiger partial charge >= 0.3 is 0 Å². The Balaban J connectivity index is 2.37. The molecule has 0 spiro atoms. The predicted molar refractivity (Wildman–Crippen MR) is 62.1 cm³/mol. The van der Waals surface area contributed by atoms with Gasteiger partial charge in [0.25, 0.3) is 5.91 Å². The smallest absolute Gasteiger partial charge is 0.255 e. The maximum atomic E-state index is 11.8. The summed E-state index contributed by atoms with van der Waals surface area (Å²) >= 11 is 0. The summed E-state index contributed by atoms with van der Waals surface area (Å²) in [6.07, 6.45) is 5.89. The first-order valence-electron chi connectivity index (χ1n) is 5.52. The number of hydrogen-bond acceptors (Lipinski definition) is 3. The number of hydrogen-bond donors (Lipinski definition) is 1. The Morgan fingerprint density at radius 1 is 1.44 bits per heavy atom. The molecule has 0 fully saturated rings. The molecular formula is C12H18N2O2. The van der Waals surface area contributed by atoms with E-state index in [1.165, 1.54) is 0 Å². The Kier molecular flexibility index (Phi) is 5.50. The van der Waals surface area contributed by atoms with Gasteiger partial charge in [-0.05, 0) is 31.4 Å². The molecule has 0 saturated heterocycles. The van der Waals surface area contributed by atoms with Crippen LogP contribution in [0.2, 0.25) is 0 Å². The minimum Gasteiger partial charge on any atom is -0.396 e. The third-order valence-corrected chi connectivity index (χ3v) is 2.41. The van der Waals surface area contributed by atoms with Crippen molar-refractivity contribution < 1.29 is 9.90 Å². The van der Waals surface area contributed by atoms with Crippen LogP contribution < -0.4 is 0 Å². The molecule has 0 atom stereocenters. The molecule has 0 aliphatic heterocycles. The van der Waals surface area contributed by atoms with Crippen LogP contribution in [0.1, 0.15) is 29.6 Å². The van der Waals surface area contributed by atoms with Crippen LogP contribution in [0.4, 0.5) is 0 Å². The molecule has 0 aliphatic rings. The highest BCUT2D eigenvalue weighted by atomic mass is 16.2. The molecule has 0 aliphatic carbocycles. The first kappa shape index (κ1) is 12.6. The van der Waals surface area contributed by atoms with E-state index in [2.05, 4.69) is 4.98 Å². The van der Waals surface area contributed by atoms with Gasteiger partial charge in [0.2, 0.25) is 0 Å². The quantitative estimate of drug-likeness (QED) is 0.738. The lowest BCUT2D eigenvalue weighted by Gasteiger charge is -2.16. The number of aliphatic hydroxyl groups is 1. The standard InChI is InChI=1S/C12H18N2O2/c1-14(8-3-2-4-9-15)12(16)11-6-5-7-13-10-11/h5-7,10,15H,2-4,8-9H2,1H3. The molecule has 0 saturated carbocycles. The summed E-state index contributed by atoms with van der Waals surface area (Å²) in [6, 6.07) is 3.52. The van der Waals surface area contributed by atoms with Gasteiger partial charge in [-0.3, -0.25) is 9.78 Å². The first-order chi connectivity index (χ1) is 7.75. The minimum atomic E-state index is -0.00269. The molecular weight excluding hydrogens is 204 g/mol. The Hall–Kier alpha value is -1.42. The van der Waals surface area contributed by atoms with Crippen LogP contribution in [0.25, 0.3) is 0 Å². The third kappa shape index (κ3) is 3.98. The van der Waals surface area contributed by atoms with Crippen LogP contribution in [0.3, 0.4) is 0 Å². The van der Waals surface area contributed by atoms with E-state index in [4.69, 9.17) is 5.11 Å². The SMILES string of the molecule is CN(CCCCCO)C(=O)c1cccnc1. The highest BCUT2D eigenvalue weighted by molar-refractivity contribution is 5.93. The van der Waals surface area contributed by atoms with Gasteiger partial charge in [-0.1, -0.05) is 0 Å². The summed E-state index contributed by atoms with van der Waals surface area (Å²) in [5.41, 5.74) is 0.618. The summed E-state index contributed by atoms with van der Waals surface area (Å²) in [6.45, 7) is 0.938. The maximum Gasteiger partial charge on any atom is 0.255 e. The number of carbonyl (C=O) groups excluding carboxylic acids is 1. The van der Waals surface area contributed by atoms with Gasteiger partial charge < -0.3 is 10.0 Å². The van der Waals surface area contributed by atoms with Crippen LogP contribution >= 0.6 is 0 Å². The molecule has 0 radical (unpaired) electrons. The normalized spacial score (nSPS) is 10.1. The van der Waals surface area contributed by atoms with Crippen molar-refractivity contribution in [1.29, 1.82) is 0 Å². The van der Waals surface area contributed by atoms with Crippen molar-refractivity contribution in [3.63, 3.8) is 0 Å². The summed E-state index contributed by atoms with van der Waals surface area (Å²) in [7, 11) is 1.79. The van der Waals surface area contributed by atoms with E-state index < -0.39 is 0 Å². The zero-order valence-electron chi connectivity index (χ0n) is 9.59. The first-order valence-corrected chi connectivity index (χ1v) is 5.52. The average Bonchev–Trinajstić information content (AvgIpc) is 2.34. The molecule has 0 aromatic carbocycles. The number of carbonyl (C=O) groups is 1. The fourth-order valence-electron chi connectivity index (χ4n) is 1.45. The van der Waals surface area contributed by atoms with Crippen LogP contribution in [-0.2, 0) is 0 Å². The van der Waals surface area contributed by atoms with Gasteiger partial charge in [-0.25, -0.2) is 0 Å². The topological polar surface area (TPSA) is 53.4 Å². The van der Waals surface area contributed by atoms with E-state index in [-0.39, 0.29) is 12.5 Å². The molecule has 1 aromatic rings. The number of pyridine rings is 1. The van der Waals surface area contributed by atoms with Crippen LogP contribution in [-0.4, -0.2) is 41.1 Å². The molecule has 4 heteroatoms. The van der Waals surface area contributed by atoms with Crippen molar-refractivity contribution in [1.82, 2.24) is 9.88 Å². The van der Waals surface area contributed by atoms with Crippen molar-refractivity contribution in [2.24, 2.45) is 0 Å². The lowest BCUT2D eigenvalue weighted by Crippen LogP contribution is -2.27. The van der Waals surface area contributed by atoms with E-state index in [9.17, 15) is 4.79 Å². The second kappa shape index (κ2) is 6.95. The van der Waals surface area contributed by atoms with Crippen molar-refractivity contribution in [3.05, 3.63) is 30.1 Å². The van der Waals surface area contributed by atoms with Crippen LogP contribution in [0.15, 0.2) is 24.5 Å². The van der Waals surface area contributed by atoms with E-state index >= 15 is 0 Å². The molecule has 88 valence electrons. The van der Waals surface area contributed by atoms with Gasteiger partial charge in [0, 0.05) is 32.6 Å². The Labute approximate surface area is 95.9 Å². The third-order valence-electron chi connectivity index (χ3n) is 2.41. The second-order valence-electron chi connectivity index (χ2n) is 3.75. The van der Waals surface area contributed by atoms with Gasteiger partial charge in [0.15, 0.2) is 0 Å². The largest absolute Gasteiger partial charge is 0.396 e. The Bertz CT molecular complexity index is 314. The highest BCUT2D eigenvalue weighted by Crippen LogP contribution is 2.03. The molecule has 1 heterocycles. The fraction of sp³-hybridized carbons (Fsp3) is 0.500. The second-order valence-corrected chi connectivity index (χ2v) is 3.75. The summed E-state index contributed by atoms with van der Waals surface area (Å²) in [5, 5.41) is 8.63. The zero-order chi connectivity index (χ0) is 11.8. The number of unbranched alkanes of at least 4 members (excludes halogenated alkanes) is 2. The van der Waals surface area contributed by atoms with E-state index in [1.807, 2.05) is 0 Å². The number of rotatable bonds is 6. The van der Waals surface area contributed by atoms with Gasteiger partial charge in [0.05, 0.1) is 5.56 Å². The van der Waals surface area contributed by atoms with Crippen molar-refractivity contribution in [2.45, 2.75) is 19.3 Å². The van der Waals surface area contributed by atoms with Crippen LogP contribution in [0, 0.1) is 0 Å². The summed E-state index contributed by atoms with van der Waals surface area (Å²) < 4.78 is 0. The van der Waals surface area contributed by atoms with Crippen molar-refractivity contribution in [3.8, 4) is 0 Å². The highest BCUT2D eigenvalue weighted by Gasteiger charge is 2.10. The number of aromatic nitrogens is 1. The summed E-state index contributed by atoms with van der Waals surface area (Å²) in [4.78, 5) is 17.5. The Morgan fingerprint density at radius 2 is 2.25 bits per heavy atom. The molecule has 16 heavy (non-hydrogen) atoms. The van der Waals surface area contributed by atoms with Crippen LogP contribution in [0.5, 0.6) is 0 Å². The lowest BCUT2D eigenvalue weighted by atomic mass is 10.2. The molecule has 1 amide bonds. The fourth-order valence-corrected chi connectivity index (χ4v) is 1.45. The number of aliphatic hydroxyl groups excluding tert-OH is 1. The maximum absolute atomic E-state index is 11.8. The van der Waals surface area contributed by atoms with Gasteiger partial charge in [-0.15, -0.1) is 0 Å². The van der Waals surface area contributed by atoms with Gasteiger partial charge in [0.1, 0.15) is 0 Å². The van der Waals surface area contributed by atoms with E-state index in [0.29, 0.717) is 12.1 Å². The van der Waals surface area contributed by atoms with Crippen molar-refractivity contribution >= 4 is 5.91 Å². The molecule has 1 aromatic heterocycles. The average molecular weight is 222 g/mol. The number of nitrogens with zero attached hydrogens (tertiary/aromatic N) is 2. The van der Waals surface area contributed by atoms with E-state index in [0.717, 1.165) is 19.3 Å². The molecule has 4 nitrogen and oxygen atoms in total. The summed E-state index contributed by atoms with van der Waals surface area (Å²) in [5.74, 6) is -0.00269. The van der Waals surface area contributed by atoms with Gasteiger partial charge in [-0.2, -0.15) is 0 Å². The molecule has 1 N–H and O–H groups in total. The number of amides is 1. The monoisotopic (exact) mass is 222 g/mol. The minimum absolute atomic E-state index is 0.00269. The zero-order valence-corrected chi connectivity index (χ0v) is 9.59. The molecule has 0 bridgehead atoms.